The predicted octanol–water partition coefficient (Wildman–Crippen LogP) is 0.763. The third-order valence-electron chi connectivity index (χ3n) is 3.47. The second-order valence-electron chi connectivity index (χ2n) is 4.88. The predicted molar refractivity (Wildman–Crippen MR) is 77.8 cm³/mol. The summed E-state index contributed by atoms with van der Waals surface area (Å²) in [5.74, 6) is 0.500. The van der Waals surface area contributed by atoms with Crippen molar-refractivity contribution in [2.45, 2.75) is 12.5 Å². The number of carbonyl (C=O) groups excluding carboxylic acids is 1. The van der Waals surface area contributed by atoms with Gasteiger partial charge >= 0.3 is 0 Å². The highest BCUT2D eigenvalue weighted by Crippen LogP contribution is 2.16. The normalized spacial score (nSPS) is 18.1. The molecule has 1 amide bonds. The zero-order chi connectivity index (χ0) is 13.9. The maximum absolute atomic E-state index is 11.6. The van der Waals surface area contributed by atoms with Crippen LogP contribution >= 0.6 is 0 Å². The van der Waals surface area contributed by atoms with Crippen LogP contribution in [0.3, 0.4) is 0 Å². The van der Waals surface area contributed by atoms with Crippen molar-refractivity contribution in [3.05, 3.63) is 30.0 Å². The average molecular weight is 271 g/mol. The van der Waals surface area contributed by atoms with Crippen LogP contribution in [0.5, 0.6) is 0 Å². The Bertz CT molecular complexity index is 636. The minimum atomic E-state index is -0.111. The number of nitrogens with zero attached hydrogens (tertiary/aromatic N) is 2. The first-order valence-corrected chi connectivity index (χ1v) is 6.72. The van der Waals surface area contributed by atoms with Gasteiger partial charge in [0, 0.05) is 36.8 Å². The summed E-state index contributed by atoms with van der Waals surface area (Å²) in [6.07, 6.45) is 2.85. The van der Waals surface area contributed by atoms with Gasteiger partial charge < -0.3 is 16.0 Å². The van der Waals surface area contributed by atoms with E-state index in [1.165, 1.54) is 0 Å². The maximum atomic E-state index is 11.6. The maximum Gasteiger partial charge on any atom is 0.251 e. The number of carbonyl (C=O) groups is 1. The molecule has 1 aromatic heterocycles. The van der Waals surface area contributed by atoms with Gasteiger partial charge in [-0.1, -0.05) is 6.07 Å². The monoisotopic (exact) mass is 271 g/mol. The molecule has 0 bridgehead atoms. The standard InChI is InChI=1S/C14H17N5O/c1-15-13(20)9-2-3-10-7-17-14(19-12(10)6-9)18-11-4-5-16-8-11/h2-3,6-7,11,16H,4-5,8H2,1H3,(H,15,20)(H,17,18,19)/t11-/m1/s1. The number of amides is 1. The molecule has 1 aliphatic heterocycles. The molecule has 6 heteroatoms. The largest absolute Gasteiger partial charge is 0.355 e. The Kier molecular flexibility index (Phi) is 3.47. The van der Waals surface area contributed by atoms with Gasteiger partial charge in [-0.25, -0.2) is 9.97 Å². The fourth-order valence-corrected chi connectivity index (χ4v) is 2.34. The van der Waals surface area contributed by atoms with Crippen molar-refractivity contribution in [1.82, 2.24) is 20.6 Å². The Hall–Kier alpha value is -2.21. The van der Waals surface area contributed by atoms with E-state index < -0.39 is 0 Å². The summed E-state index contributed by atoms with van der Waals surface area (Å²) in [6, 6.07) is 5.79. The summed E-state index contributed by atoms with van der Waals surface area (Å²) < 4.78 is 0. The third-order valence-corrected chi connectivity index (χ3v) is 3.47. The number of anilines is 1. The van der Waals surface area contributed by atoms with Gasteiger partial charge in [0.25, 0.3) is 5.91 Å². The van der Waals surface area contributed by atoms with E-state index in [9.17, 15) is 4.79 Å². The highest BCUT2D eigenvalue weighted by atomic mass is 16.1. The Morgan fingerprint density at radius 2 is 2.35 bits per heavy atom. The van der Waals surface area contributed by atoms with E-state index in [4.69, 9.17) is 0 Å². The molecule has 1 atom stereocenters. The van der Waals surface area contributed by atoms with Gasteiger partial charge in [-0.05, 0) is 25.1 Å². The Labute approximate surface area is 117 Å². The number of hydrogen-bond donors (Lipinski definition) is 3. The molecule has 3 N–H and O–H groups in total. The molecule has 0 spiro atoms. The van der Waals surface area contributed by atoms with Gasteiger partial charge in [0.2, 0.25) is 5.95 Å². The molecule has 2 aromatic rings. The van der Waals surface area contributed by atoms with Crippen molar-refractivity contribution in [3.8, 4) is 0 Å². The zero-order valence-electron chi connectivity index (χ0n) is 11.3. The van der Waals surface area contributed by atoms with Crippen LogP contribution in [0.15, 0.2) is 24.4 Å². The molecule has 1 aliphatic rings. The molecule has 6 nitrogen and oxygen atoms in total. The van der Waals surface area contributed by atoms with Crippen LogP contribution in [0.1, 0.15) is 16.8 Å². The molecule has 0 saturated carbocycles. The highest BCUT2D eigenvalue weighted by Gasteiger charge is 2.15. The molecule has 1 aromatic carbocycles. The van der Waals surface area contributed by atoms with Gasteiger partial charge in [-0.2, -0.15) is 0 Å². The first kappa shape index (κ1) is 12.8. The summed E-state index contributed by atoms with van der Waals surface area (Å²) in [7, 11) is 1.62. The minimum Gasteiger partial charge on any atom is -0.355 e. The number of rotatable bonds is 3. The van der Waals surface area contributed by atoms with Gasteiger partial charge in [0.15, 0.2) is 0 Å². The summed E-state index contributed by atoms with van der Waals surface area (Å²) >= 11 is 0. The topological polar surface area (TPSA) is 78.9 Å². The van der Waals surface area contributed by atoms with E-state index in [0.29, 0.717) is 17.6 Å². The van der Waals surface area contributed by atoms with Crippen LogP contribution in [0.25, 0.3) is 10.9 Å². The SMILES string of the molecule is CNC(=O)c1ccc2cnc(N[C@@H]3CCNC3)nc2c1. The lowest BCUT2D eigenvalue weighted by atomic mass is 10.1. The second-order valence-corrected chi connectivity index (χ2v) is 4.88. The molecule has 20 heavy (non-hydrogen) atoms. The molecule has 2 heterocycles. The second kappa shape index (κ2) is 5.42. The number of aromatic nitrogens is 2. The van der Waals surface area contributed by atoms with E-state index in [1.54, 1.807) is 25.4 Å². The summed E-state index contributed by atoms with van der Waals surface area (Å²) in [5, 5.41) is 10.1. The van der Waals surface area contributed by atoms with Crippen LogP contribution in [0, 0.1) is 0 Å². The molecule has 0 radical (unpaired) electrons. The van der Waals surface area contributed by atoms with Crippen LogP contribution in [0.2, 0.25) is 0 Å². The summed E-state index contributed by atoms with van der Waals surface area (Å²) in [6.45, 7) is 1.95. The van der Waals surface area contributed by atoms with Gasteiger partial charge in [0.05, 0.1) is 5.52 Å². The Balaban J connectivity index is 1.89. The van der Waals surface area contributed by atoms with E-state index in [2.05, 4.69) is 25.9 Å². The lowest BCUT2D eigenvalue weighted by Crippen LogP contribution is -2.23. The van der Waals surface area contributed by atoms with Crippen molar-refractivity contribution in [3.63, 3.8) is 0 Å². The molecular formula is C14H17N5O. The lowest BCUT2D eigenvalue weighted by Gasteiger charge is -2.11. The van der Waals surface area contributed by atoms with Crippen molar-refractivity contribution in [2.75, 3.05) is 25.5 Å². The fourth-order valence-electron chi connectivity index (χ4n) is 2.34. The van der Waals surface area contributed by atoms with E-state index in [1.807, 2.05) is 6.07 Å². The smallest absolute Gasteiger partial charge is 0.251 e. The summed E-state index contributed by atoms with van der Waals surface area (Å²) in [5.41, 5.74) is 1.38. The van der Waals surface area contributed by atoms with E-state index in [0.717, 1.165) is 30.4 Å². The van der Waals surface area contributed by atoms with Crippen LogP contribution in [-0.4, -0.2) is 42.1 Å². The van der Waals surface area contributed by atoms with E-state index in [-0.39, 0.29) is 5.91 Å². The highest BCUT2D eigenvalue weighted by molar-refractivity contribution is 5.97. The molecule has 3 rings (SSSR count). The number of nitrogens with one attached hydrogen (secondary N) is 3. The minimum absolute atomic E-state index is 0.111. The first-order chi connectivity index (χ1) is 9.76. The van der Waals surface area contributed by atoms with Crippen LogP contribution < -0.4 is 16.0 Å². The van der Waals surface area contributed by atoms with Crippen molar-refractivity contribution in [1.29, 1.82) is 0 Å². The Morgan fingerprint density at radius 1 is 1.45 bits per heavy atom. The van der Waals surface area contributed by atoms with Gasteiger partial charge in [-0.3, -0.25) is 4.79 Å². The van der Waals surface area contributed by atoms with Gasteiger partial charge in [-0.15, -0.1) is 0 Å². The van der Waals surface area contributed by atoms with Crippen molar-refractivity contribution in [2.24, 2.45) is 0 Å². The zero-order valence-corrected chi connectivity index (χ0v) is 11.3. The quantitative estimate of drug-likeness (QED) is 0.768. The number of benzene rings is 1. The average Bonchev–Trinajstić information content (AvgIpc) is 2.98. The molecule has 1 fully saturated rings. The molecule has 104 valence electrons. The van der Waals surface area contributed by atoms with Crippen molar-refractivity contribution >= 4 is 22.8 Å². The fraction of sp³-hybridized carbons (Fsp3) is 0.357. The Morgan fingerprint density at radius 3 is 3.10 bits per heavy atom. The van der Waals surface area contributed by atoms with Crippen molar-refractivity contribution < 1.29 is 4.79 Å². The van der Waals surface area contributed by atoms with E-state index >= 15 is 0 Å². The third kappa shape index (κ3) is 2.55. The summed E-state index contributed by atoms with van der Waals surface area (Å²) in [4.78, 5) is 20.4. The molecule has 0 unspecified atom stereocenters. The van der Waals surface area contributed by atoms with Gasteiger partial charge in [0.1, 0.15) is 0 Å². The molecule has 1 saturated heterocycles. The van der Waals surface area contributed by atoms with Crippen LogP contribution in [0.4, 0.5) is 5.95 Å². The molecule has 0 aliphatic carbocycles. The lowest BCUT2D eigenvalue weighted by molar-refractivity contribution is 0.0963. The first-order valence-electron chi connectivity index (χ1n) is 6.72. The number of fused-ring (bicyclic) bond motifs is 1. The number of hydrogen-bond acceptors (Lipinski definition) is 5. The van der Waals surface area contributed by atoms with Crippen LogP contribution in [-0.2, 0) is 0 Å². The molecular weight excluding hydrogens is 254 g/mol.